The number of nitrogens with two attached hydrogens (primary N) is 1. The molecule has 2 rings (SSSR count). The fourth-order valence-corrected chi connectivity index (χ4v) is 1.67. The molecule has 1 aromatic carbocycles. The van der Waals surface area contributed by atoms with E-state index < -0.39 is 0 Å². The van der Waals surface area contributed by atoms with Gasteiger partial charge < -0.3 is 10.5 Å². The molecule has 0 fully saturated rings. The van der Waals surface area contributed by atoms with Crippen LogP contribution in [0.25, 0.3) is 0 Å². The summed E-state index contributed by atoms with van der Waals surface area (Å²) in [4.78, 5) is 1.53. The van der Waals surface area contributed by atoms with Crippen molar-refractivity contribution >= 4 is 0 Å². The second-order valence-corrected chi connectivity index (χ2v) is 3.94. The molecule has 1 aromatic heterocycles. The van der Waals surface area contributed by atoms with E-state index in [-0.39, 0.29) is 0 Å². The van der Waals surface area contributed by atoms with Crippen LogP contribution in [-0.2, 0) is 19.4 Å². The first-order valence-corrected chi connectivity index (χ1v) is 5.91. The molecule has 0 aliphatic rings. The van der Waals surface area contributed by atoms with E-state index in [1.165, 1.54) is 10.4 Å². The van der Waals surface area contributed by atoms with Crippen molar-refractivity contribution in [1.29, 1.82) is 0 Å². The molecule has 0 amide bonds. The Hall–Kier alpha value is -1.95. The van der Waals surface area contributed by atoms with Crippen LogP contribution in [-0.4, -0.2) is 33.9 Å². The van der Waals surface area contributed by atoms with Crippen molar-refractivity contribution in [2.24, 2.45) is 5.73 Å². The summed E-state index contributed by atoms with van der Waals surface area (Å²) in [6, 6.07) is 7.99. The minimum atomic E-state index is 0.520. The van der Waals surface area contributed by atoms with Crippen molar-refractivity contribution in [2.75, 3.05) is 13.7 Å². The predicted octanol–water partition coefficient (Wildman–Crippen LogP) is 0.426. The Morgan fingerprint density at radius 3 is 3.00 bits per heavy atom. The minimum Gasteiger partial charge on any atom is -0.497 e. The Balaban J connectivity index is 1.93. The zero-order valence-corrected chi connectivity index (χ0v) is 10.4. The Labute approximate surface area is 106 Å². The number of tetrazole rings is 1. The van der Waals surface area contributed by atoms with Crippen LogP contribution < -0.4 is 10.5 Å². The van der Waals surface area contributed by atoms with Gasteiger partial charge in [0, 0.05) is 13.0 Å². The highest BCUT2D eigenvalue weighted by Crippen LogP contribution is 2.13. The van der Waals surface area contributed by atoms with Crippen LogP contribution in [0.2, 0.25) is 0 Å². The van der Waals surface area contributed by atoms with Crippen molar-refractivity contribution < 1.29 is 4.74 Å². The zero-order valence-electron chi connectivity index (χ0n) is 10.4. The lowest BCUT2D eigenvalue weighted by Gasteiger charge is -2.02. The number of hydrogen-bond acceptors (Lipinski definition) is 5. The summed E-state index contributed by atoms with van der Waals surface area (Å²) in [7, 11) is 1.67. The number of hydrogen-bond donors (Lipinski definition) is 1. The van der Waals surface area contributed by atoms with Crippen molar-refractivity contribution in [3.05, 3.63) is 35.7 Å². The van der Waals surface area contributed by atoms with E-state index in [4.69, 9.17) is 10.5 Å². The van der Waals surface area contributed by atoms with E-state index >= 15 is 0 Å². The Morgan fingerprint density at radius 1 is 1.33 bits per heavy atom. The number of ether oxygens (including phenoxy) is 1. The second-order valence-electron chi connectivity index (χ2n) is 3.94. The molecule has 0 bridgehead atoms. The average Bonchev–Trinajstić information content (AvgIpc) is 2.85. The monoisotopic (exact) mass is 247 g/mol. The largest absolute Gasteiger partial charge is 0.497 e. The third-order valence-electron chi connectivity index (χ3n) is 2.59. The van der Waals surface area contributed by atoms with Crippen molar-refractivity contribution in [3.8, 4) is 5.75 Å². The van der Waals surface area contributed by atoms with Gasteiger partial charge in [-0.1, -0.05) is 12.1 Å². The van der Waals surface area contributed by atoms with Gasteiger partial charge in [-0.2, -0.15) is 4.80 Å². The van der Waals surface area contributed by atoms with Crippen LogP contribution in [0.4, 0.5) is 0 Å². The minimum absolute atomic E-state index is 0.520. The molecule has 0 saturated carbocycles. The summed E-state index contributed by atoms with van der Waals surface area (Å²) >= 11 is 0. The molecule has 0 aliphatic carbocycles. The van der Waals surface area contributed by atoms with Crippen LogP contribution in [0.15, 0.2) is 24.3 Å². The maximum Gasteiger partial charge on any atom is 0.175 e. The first-order chi connectivity index (χ1) is 8.81. The maximum absolute atomic E-state index is 5.42. The number of methoxy groups -OCH3 is 1. The highest BCUT2D eigenvalue weighted by molar-refractivity contribution is 5.28. The molecule has 6 nitrogen and oxygen atoms in total. The third kappa shape index (κ3) is 3.27. The van der Waals surface area contributed by atoms with E-state index in [0.29, 0.717) is 13.1 Å². The van der Waals surface area contributed by atoms with E-state index in [1.54, 1.807) is 7.11 Å². The quantitative estimate of drug-likeness (QED) is 0.800. The van der Waals surface area contributed by atoms with E-state index in [9.17, 15) is 0 Å². The SMILES string of the molecule is COc1cccc(CCc2nnn(CCN)n2)c1. The van der Waals surface area contributed by atoms with Crippen LogP contribution >= 0.6 is 0 Å². The molecule has 1 heterocycles. The standard InChI is InChI=1S/C12H17N5O/c1-18-11-4-2-3-10(9-11)5-6-12-14-16-17(15-12)8-7-13/h2-4,9H,5-8,13H2,1H3. The van der Waals surface area contributed by atoms with Crippen LogP contribution in [0, 0.1) is 0 Å². The topological polar surface area (TPSA) is 78.9 Å². The van der Waals surface area contributed by atoms with Crippen LogP contribution in [0.3, 0.4) is 0 Å². The molecule has 2 aromatic rings. The Morgan fingerprint density at radius 2 is 2.22 bits per heavy atom. The van der Waals surface area contributed by atoms with Gasteiger partial charge in [0.25, 0.3) is 0 Å². The summed E-state index contributed by atoms with van der Waals surface area (Å²) in [5.41, 5.74) is 6.62. The van der Waals surface area contributed by atoms with E-state index in [0.717, 1.165) is 24.4 Å². The molecule has 6 heteroatoms. The number of benzene rings is 1. The summed E-state index contributed by atoms with van der Waals surface area (Å²) < 4.78 is 5.18. The van der Waals surface area contributed by atoms with Gasteiger partial charge >= 0.3 is 0 Å². The third-order valence-corrected chi connectivity index (χ3v) is 2.59. The molecular formula is C12H17N5O. The lowest BCUT2D eigenvalue weighted by molar-refractivity contribution is 0.414. The normalized spacial score (nSPS) is 10.6. The van der Waals surface area contributed by atoms with Crippen molar-refractivity contribution in [3.63, 3.8) is 0 Å². The highest BCUT2D eigenvalue weighted by Gasteiger charge is 2.03. The Bertz CT molecular complexity index is 497. The maximum atomic E-state index is 5.42. The first kappa shape index (κ1) is 12.5. The first-order valence-electron chi connectivity index (χ1n) is 5.91. The van der Waals surface area contributed by atoms with Gasteiger partial charge in [0.15, 0.2) is 5.82 Å². The zero-order chi connectivity index (χ0) is 12.8. The molecule has 96 valence electrons. The summed E-state index contributed by atoms with van der Waals surface area (Å²) in [6.45, 7) is 1.12. The van der Waals surface area contributed by atoms with Gasteiger partial charge in [0.05, 0.1) is 13.7 Å². The molecule has 0 radical (unpaired) electrons. The van der Waals surface area contributed by atoms with Crippen molar-refractivity contribution in [2.45, 2.75) is 19.4 Å². The lowest BCUT2D eigenvalue weighted by Crippen LogP contribution is -2.12. The fraction of sp³-hybridized carbons (Fsp3) is 0.417. The average molecular weight is 247 g/mol. The summed E-state index contributed by atoms with van der Waals surface area (Å²) in [5.74, 6) is 1.61. The van der Waals surface area contributed by atoms with Gasteiger partial charge in [0.2, 0.25) is 0 Å². The molecule has 0 unspecified atom stereocenters. The molecule has 2 N–H and O–H groups in total. The van der Waals surface area contributed by atoms with Gasteiger partial charge in [-0.15, -0.1) is 10.2 Å². The molecule has 0 saturated heterocycles. The predicted molar refractivity (Wildman–Crippen MR) is 67.3 cm³/mol. The highest BCUT2D eigenvalue weighted by atomic mass is 16.5. The Kier molecular flexibility index (Phi) is 4.25. The smallest absolute Gasteiger partial charge is 0.175 e. The van der Waals surface area contributed by atoms with Crippen molar-refractivity contribution in [1.82, 2.24) is 20.2 Å². The van der Waals surface area contributed by atoms with Gasteiger partial charge in [0.1, 0.15) is 5.75 Å². The number of aromatic nitrogens is 4. The molecule has 18 heavy (non-hydrogen) atoms. The molecule has 0 aliphatic heterocycles. The fourth-order valence-electron chi connectivity index (χ4n) is 1.67. The van der Waals surface area contributed by atoms with E-state index in [2.05, 4.69) is 21.5 Å². The number of aryl methyl sites for hydroxylation is 2. The molecule has 0 spiro atoms. The molecule has 0 atom stereocenters. The number of rotatable bonds is 6. The second kappa shape index (κ2) is 6.11. The van der Waals surface area contributed by atoms with Gasteiger partial charge in [-0.05, 0) is 29.3 Å². The van der Waals surface area contributed by atoms with Gasteiger partial charge in [-0.25, -0.2) is 0 Å². The summed E-state index contributed by atoms with van der Waals surface area (Å²) in [5, 5.41) is 12.2. The molecular weight excluding hydrogens is 230 g/mol. The summed E-state index contributed by atoms with van der Waals surface area (Å²) in [6.07, 6.45) is 1.63. The van der Waals surface area contributed by atoms with Crippen LogP contribution in [0.1, 0.15) is 11.4 Å². The lowest BCUT2D eigenvalue weighted by atomic mass is 10.1. The van der Waals surface area contributed by atoms with Crippen LogP contribution in [0.5, 0.6) is 5.75 Å². The van der Waals surface area contributed by atoms with Gasteiger partial charge in [-0.3, -0.25) is 0 Å². The van der Waals surface area contributed by atoms with E-state index in [1.807, 2.05) is 18.2 Å². The number of nitrogens with zero attached hydrogens (tertiary/aromatic N) is 4.